The zero-order chi connectivity index (χ0) is 10.5. The van der Waals surface area contributed by atoms with Crippen LogP contribution in [0, 0.1) is 11.3 Å². The van der Waals surface area contributed by atoms with Crippen LogP contribution in [0.4, 0.5) is 0 Å². The number of nitriles is 1. The first kappa shape index (κ1) is 9.09. The lowest BCUT2D eigenvalue weighted by Gasteiger charge is -1.99. The van der Waals surface area contributed by atoms with Crippen molar-refractivity contribution in [2.45, 2.75) is 0 Å². The van der Waals surface area contributed by atoms with E-state index in [1.54, 1.807) is 0 Å². The topological polar surface area (TPSA) is 78.2 Å². The van der Waals surface area contributed by atoms with E-state index in [-0.39, 0.29) is 0 Å². The number of aromatic nitrogens is 4. The van der Waals surface area contributed by atoms with Gasteiger partial charge in [0.25, 0.3) is 0 Å². The summed E-state index contributed by atoms with van der Waals surface area (Å²) in [6.45, 7) is 0. The molecule has 5 heteroatoms. The zero-order valence-corrected chi connectivity index (χ0v) is 7.75. The lowest BCUT2D eigenvalue weighted by Crippen LogP contribution is -1.90. The number of allylic oxidation sites excluding steroid dienone is 1. The molecule has 0 atom stereocenters. The van der Waals surface area contributed by atoms with Crippen molar-refractivity contribution in [1.82, 2.24) is 20.6 Å². The van der Waals surface area contributed by atoms with Crippen molar-refractivity contribution >= 4 is 5.57 Å². The quantitative estimate of drug-likeness (QED) is 0.732. The van der Waals surface area contributed by atoms with Gasteiger partial charge in [-0.25, -0.2) is 0 Å². The van der Waals surface area contributed by atoms with E-state index < -0.39 is 0 Å². The normalized spacial score (nSPS) is 11.0. The Bertz CT molecular complexity index is 492. The van der Waals surface area contributed by atoms with E-state index in [4.69, 9.17) is 5.26 Å². The van der Waals surface area contributed by atoms with Crippen LogP contribution < -0.4 is 0 Å². The number of nitrogens with zero attached hydrogens (tertiary/aromatic N) is 4. The summed E-state index contributed by atoms with van der Waals surface area (Å²) in [5.74, 6) is 0.419. The molecule has 0 saturated heterocycles. The number of tetrazole rings is 1. The Morgan fingerprint density at radius 1 is 1.33 bits per heavy atom. The fraction of sp³-hybridized carbons (Fsp3) is 0. The van der Waals surface area contributed by atoms with Gasteiger partial charge in [-0.2, -0.15) is 10.5 Å². The van der Waals surface area contributed by atoms with Gasteiger partial charge in [0.15, 0.2) is 0 Å². The SMILES string of the molecule is N#CC=C(c1ccccc1)c1nn[nH]n1. The van der Waals surface area contributed by atoms with Crippen molar-refractivity contribution in [2.75, 3.05) is 0 Å². The van der Waals surface area contributed by atoms with Crippen molar-refractivity contribution in [3.63, 3.8) is 0 Å². The summed E-state index contributed by atoms with van der Waals surface area (Å²) < 4.78 is 0. The minimum absolute atomic E-state index is 0.419. The molecule has 1 aromatic heterocycles. The summed E-state index contributed by atoms with van der Waals surface area (Å²) in [5.41, 5.74) is 1.55. The van der Waals surface area contributed by atoms with Gasteiger partial charge >= 0.3 is 0 Å². The number of benzene rings is 1. The van der Waals surface area contributed by atoms with Crippen molar-refractivity contribution in [2.24, 2.45) is 0 Å². The Morgan fingerprint density at radius 3 is 2.73 bits per heavy atom. The molecule has 1 N–H and O–H groups in total. The van der Waals surface area contributed by atoms with Crippen LogP contribution in [0.1, 0.15) is 11.4 Å². The Balaban J connectivity index is 2.48. The summed E-state index contributed by atoms with van der Waals surface area (Å²) in [6.07, 6.45) is 1.40. The molecule has 0 aliphatic heterocycles. The molecule has 0 bridgehead atoms. The molecule has 2 aromatic rings. The first-order valence-corrected chi connectivity index (χ1v) is 4.31. The van der Waals surface area contributed by atoms with Crippen LogP contribution in [0.15, 0.2) is 36.4 Å². The highest BCUT2D eigenvalue weighted by molar-refractivity contribution is 5.77. The molecule has 2 rings (SSSR count). The van der Waals surface area contributed by atoms with Gasteiger partial charge in [-0.15, -0.1) is 10.2 Å². The Hall–Kier alpha value is -2.48. The average Bonchev–Trinajstić information content (AvgIpc) is 2.80. The van der Waals surface area contributed by atoms with Crippen molar-refractivity contribution in [3.8, 4) is 6.07 Å². The molecule has 0 radical (unpaired) electrons. The third-order valence-electron chi connectivity index (χ3n) is 1.88. The maximum atomic E-state index is 8.68. The third-order valence-corrected chi connectivity index (χ3v) is 1.88. The van der Waals surface area contributed by atoms with Crippen molar-refractivity contribution < 1.29 is 0 Å². The summed E-state index contributed by atoms with van der Waals surface area (Å²) >= 11 is 0. The lowest BCUT2D eigenvalue weighted by molar-refractivity contribution is 0.881. The van der Waals surface area contributed by atoms with Gasteiger partial charge < -0.3 is 0 Å². The molecule has 72 valence electrons. The van der Waals surface area contributed by atoms with Crippen LogP contribution in [0.2, 0.25) is 0 Å². The molecular formula is C10H7N5. The van der Waals surface area contributed by atoms with Crippen LogP contribution >= 0.6 is 0 Å². The van der Waals surface area contributed by atoms with Gasteiger partial charge in [-0.3, -0.25) is 0 Å². The molecule has 1 aromatic carbocycles. The van der Waals surface area contributed by atoms with E-state index >= 15 is 0 Å². The fourth-order valence-electron chi connectivity index (χ4n) is 1.24. The number of hydrogen-bond acceptors (Lipinski definition) is 4. The molecule has 0 aliphatic carbocycles. The number of rotatable bonds is 2. The van der Waals surface area contributed by atoms with E-state index in [9.17, 15) is 0 Å². The first-order valence-electron chi connectivity index (χ1n) is 4.31. The van der Waals surface area contributed by atoms with E-state index in [0.717, 1.165) is 5.56 Å². The van der Waals surface area contributed by atoms with Crippen LogP contribution in [0.5, 0.6) is 0 Å². The van der Waals surface area contributed by atoms with Gasteiger partial charge in [-0.05, 0) is 10.8 Å². The first-order chi connectivity index (χ1) is 7.42. The summed E-state index contributed by atoms with van der Waals surface area (Å²) in [5, 5.41) is 22.2. The van der Waals surface area contributed by atoms with E-state index in [2.05, 4.69) is 20.6 Å². The molecule has 0 unspecified atom stereocenters. The highest BCUT2D eigenvalue weighted by Crippen LogP contribution is 2.18. The second kappa shape index (κ2) is 4.15. The third kappa shape index (κ3) is 1.89. The van der Waals surface area contributed by atoms with Crippen LogP contribution in [0.3, 0.4) is 0 Å². The van der Waals surface area contributed by atoms with Crippen molar-refractivity contribution in [1.29, 1.82) is 5.26 Å². The van der Waals surface area contributed by atoms with Gasteiger partial charge in [0.1, 0.15) is 0 Å². The largest absolute Gasteiger partial charge is 0.205 e. The number of nitrogens with one attached hydrogen (secondary N) is 1. The van der Waals surface area contributed by atoms with Gasteiger partial charge in [0, 0.05) is 11.6 Å². The van der Waals surface area contributed by atoms with E-state index in [1.165, 1.54) is 6.08 Å². The predicted molar refractivity (Wildman–Crippen MR) is 53.3 cm³/mol. The summed E-state index contributed by atoms with van der Waals surface area (Å²) in [4.78, 5) is 0. The molecule has 5 nitrogen and oxygen atoms in total. The molecule has 0 fully saturated rings. The second-order valence-electron chi connectivity index (χ2n) is 2.79. The van der Waals surface area contributed by atoms with E-state index in [0.29, 0.717) is 11.4 Å². The Labute approximate surface area is 86.1 Å². The number of H-pyrrole nitrogens is 1. The highest BCUT2D eigenvalue weighted by Gasteiger charge is 2.08. The van der Waals surface area contributed by atoms with Crippen LogP contribution in [0.25, 0.3) is 5.57 Å². The molecular weight excluding hydrogens is 190 g/mol. The standard InChI is InChI=1S/C10H7N5/c11-7-6-9(10-12-14-15-13-10)8-4-2-1-3-5-8/h1-6H,(H,12,13,14,15). The number of aromatic amines is 1. The smallest absolute Gasteiger partial charge is 0.193 e. The number of hydrogen-bond donors (Lipinski definition) is 1. The van der Waals surface area contributed by atoms with Crippen molar-refractivity contribution in [3.05, 3.63) is 47.8 Å². The molecule has 1 heterocycles. The lowest BCUT2D eigenvalue weighted by atomic mass is 10.1. The fourth-order valence-corrected chi connectivity index (χ4v) is 1.24. The molecule has 0 amide bonds. The summed E-state index contributed by atoms with van der Waals surface area (Å²) in [7, 11) is 0. The highest BCUT2D eigenvalue weighted by atomic mass is 15.5. The zero-order valence-electron chi connectivity index (χ0n) is 7.75. The predicted octanol–water partition coefficient (Wildman–Crippen LogP) is 1.15. The molecule has 0 saturated carbocycles. The maximum absolute atomic E-state index is 8.68. The Morgan fingerprint density at radius 2 is 2.13 bits per heavy atom. The minimum Gasteiger partial charge on any atom is -0.193 e. The summed E-state index contributed by atoms with van der Waals surface area (Å²) in [6, 6.07) is 11.4. The van der Waals surface area contributed by atoms with Crippen LogP contribution in [-0.2, 0) is 0 Å². The molecule has 0 aliphatic rings. The Kier molecular flexibility index (Phi) is 2.52. The minimum atomic E-state index is 0.419. The maximum Gasteiger partial charge on any atom is 0.205 e. The second-order valence-corrected chi connectivity index (χ2v) is 2.79. The van der Waals surface area contributed by atoms with Crippen LogP contribution in [-0.4, -0.2) is 20.6 Å². The van der Waals surface area contributed by atoms with E-state index in [1.807, 2.05) is 36.4 Å². The van der Waals surface area contributed by atoms with Gasteiger partial charge in [0.2, 0.25) is 5.82 Å². The monoisotopic (exact) mass is 197 g/mol. The average molecular weight is 197 g/mol. The molecule has 15 heavy (non-hydrogen) atoms. The van der Waals surface area contributed by atoms with Gasteiger partial charge in [0.05, 0.1) is 6.07 Å². The van der Waals surface area contributed by atoms with Gasteiger partial charge in [-0.1, -0.05) is 30.3 Å². The molecule has 0 spiro atoms.